The van der Waals surface area contributed by atoms with Crippen LogP contribution >= 0.6 is 0 Å². The molecule has 1 heterocycles. The van der Waals surface area contributed by atoms with Gasteiger partial charge < -0.3 is 14.9 Å². The summed E-state index contributed by atoms with van der Waals surface area (Å²) in [4.78, 5) is 10.4. The lowest BCUT2D eigenvalue weighted by Gasteiger charge is -2.16. The molecule has 4 nitrogen and oxygen atoms in total. The minimum absolute atomic E-state index is 0.0546. The number of ether oxygens (including phenoxy) is 1. The predicted octanol–water partition coefficient (Wildman–Crippen LogP) is 0.245. The van der Waals surface area contributed by atoms with Crippen molar-refractivity contribution in [3.8, 4) is 0 Å². The van der Waals surface area contributed by atoms with E-state index in [1.807, 2.05) is 6.92 Å². The first-order chi connectivity index (χ1) is 5.52. The lowest BCUT2D eigenvalue weighted by molar-refractivity contribution is -0.150. The van der Waals surface area contributed by atoms with Gasteiger partial charge >= 0.3 is 5.97 Å². The van der Waals surface area contributed by atoms with Crippen molar-refractivity contribution < 1.29 is 19.7 Å². The first-order valence-corrected chi connectivity index (χ1v) is 4.08. The fourth-order valence-electron chi connectivity index (χ4n) is 1.67. The van der Waals surface area contributed by atoms with Crippen LogP contribution in [-0.4, -0.2) is 34.5 Å². The van der Waals surface area contributed by atoms with Crippen molar-refractivity contribution in [2.45, 2.75) is 38.6 Å². The van der Waals surface area contributed by atoms with Crippen LogP contribution < -0.4 is 0 Å². The fourth-order valence-corrected chi connectivity index (χ4v) is 1.67. The molecule has 1 aliphatic rings. The topological polar surface area (TPSA) is 66.8 Å². The summed E-state index contributed by atoms with van der Waals surface area (Å²) in [6.07, 6.45) is -0.774. The van der Waals surface area contributed by atoms with Crippen LogP contribution in [-0.2, 0) is 9.53 Å². The molecule has 0 aromatic rings. The molecule has 0 amide bonds. The molecule has 0 bridgehead atoms. The number of aliphatic hydroxyl groups is 1. The van der Waals surface area contributed by atoms with Crippen molar-refractivity contribution in [1.82, 2.24) is 0 Å². The molecule has 1 fully saturated rings. The summed E-state index contributed by atoms with van der Waals surface area (Å²) in [5.74, 6) is -1.43. The predicted molar refractivity (Wildman–Crippen MR) is 41.8 cm³/mol. The Kier molecular flexibility index (Phi) is 2.69. The molecule has 0 saturated carbocycles. The second kappa shape index (κ2) is 3.41. The summed E-state index contributed by atoms with van der Waals surface area (Å²) in [6.45, 7) is 3.67. The Balaban J connectivity index is 2.57. The van der Waals surface area contributed by atoms with E-state index in [-0.39, 0.29) is 18.1 Å². The Morgan fingerprint density at radius 2 is 2.17 bits per heavy atom. The highest BCUT2D eigenvalue weighted by molar-refractivity contribution is 5.72. The third kappa shape index (κ3) is 1.76. The van der Waals surface area contributed by atoms with Crippen LogP contribution in [0.3, 0.4) is 0 Å². The summed E-state index contributed by atoms with van der Waals surface area (Å²) < 4.78 is 5.32. The monoisotopic (exact) mass is 174 g/mol. The first kappa shape index (κ1) is 9.48. The van der Waals surface area contributed by atoms with Crippen molar-refractivity contribution in [2.75, 3.05) is 0 Å². The maximum Gasteiger partial charge on any atom is 0.332 e. The molecule has 1 saturated heterocycles. The zero-order valence-electron chi connectivity index (χ0n) is 7.23. The van der Waals surface area contributed by atoms with Crippen molar-refractivity contribution in [3.63, 3.8) is 0 Å². The van der Waals surface area contributed by atoms with Crippen molar-refractivity contribution in [3.05, 3.63) is 0 Å². The third-order valence-electron chi connectivity index (χ3n) is 2.31. The van der Waals surface area contributed by atoms with Gasteiger partial charge in [0.05, 0.1) is 12.2 Å². The number of rotatable bonds is 2. The van der Waals surface area contributed by atoms with E-state index in [4.69, 9.17) is 9.84 Å². The molecule has 2 N–H and O–H groups in total. The minimum atomic E-state index is -1.29. The van der Waals surface area contributed by atoms with E-state index in [0.717, 1.165) is 0 Å². The van der Waals surface area contributed by atoms with E-state index in [1.165, 1.54) is 0 Å². The Hall–Kier alpha value is -0.610. The van der Waals surface area contributed by atoms with Gasteiger partial charge in [-0.25, -0.2) is 4.79 Å². The van der Waals surface area contributed by atoms with E-state index in [9.17, 15) is 9.90 Å². The van der Waals surface area contributed by atoms with Gasteiger partial charge in [-0.15, -0.1) is 0 Å². The lowest BCUT2D eigenvalue weighted by atomic mass is 9.94. The van der Waals surface area contributed by atoms with Gasteiger partial charge in [-0.05, 0) is 20.3 Å². The summed E-state index contributed by atoms with van der Waals surface area (Å²) in [5, 5.41) is 17.8. The maximum atomic E-state index is 10.4. The molecule has 1 aliphatic heterocycles. The molecular formula is C8H14O4. The molecular weight excluding hydrogens is 160 g/mol. The summed E-state index contributed by atoms with van der Waals surface area (Å²) in [6, 6.07) is 0. The highest BCUT2D eigenvalue weighted by Crippen LogP contribution is 2.28. The molecule has 4 heteroatoms. The van der Waals surface area contributed by atoms with Crippen LogP contribution in [0.25, 0.3) is 0 Å². The van der Waals surface area contributed by atoms with Gasteiger partial charge in [-0.2, -0.15) is 0 Å². The van der Waals surface area contributed by atoms with E-state index in [1.54, 1.807) is 6.92 Å². The molecule has 0 aromatic heterocycles. The summed E-state index contributed by atoms with van der Waals surface area (Å²) in [7, 11) is 0. The maximum absolute atomic E-state index is 10.4. The molecule has 1 rings (SSSR count). The van der Waals surface area contributed by atoms with E-state index in [2.05, 4.69) is 0 Å². The zero-order chi connectivity index (χ0) is 9.30. The van der Waals surface area contributed by atoms with Gasteiger partial charge in [0.1, 0.15) is 0 Å². The highest BCUT2D eigenvalue weighted by Gasteiger charge is 2.37. The van der Waals surface area contributed by atoms with Gasteiger partial charge in [-0.1, -0.05) is 0 Å². The van der Waals surface area contributed by atoms with Gasteiger partial charge in [0.2, 0.25) is 0 Å². The van der Waals surface area contributed by atoms with E-state index < -0.39 is 12.1 Å². The lowest BCUT2D eigenvalue weighted by Crippen LogP contribution is -2.33. The van der Waals surface area contributed by atoms with Crippen LogP contribution in [0.1, 0.15) is 20.3 Å². The molecule has 0 radical (unpaired) electrons. The Morgan fingerprint density at radius 3 is 2.50 bits per heavy atom. The average Bonchev–Trinajstić information content (AvgIpc) is 2.28. The van der Waals surface area contributed by atoms with Crippen LogP contribution in [0.15, 0.2) is 0 Å². The van der Waals surface area contributed by atoms with Gasteiger partial charge in [0.25, 0.3) is 0 Å². The fraction of sp³-hybridized carbons (Fsp3) is 0.875. The number of carboxylic acid groups (broad SMARTS) is 1. The number of hydrogen-bond donors (Lipinski definition) is 2. The Morgan fingerprint density at radius 1 is 1.58 bits per heavy atom. The third-order valence-corrected chi connectivity index (χ3v) is 2.31. The molecule has 4 unspecified atom stereocenters. The number of carbonyl (C=O) groups is 1. The summed E-state index contributed by atoms with van der Waals surface area (Å²) >= 11 is 0. The van der Waals surface area contributed by atoms with Crippen LogP contribution in [0.5, 0.6) is 0 Å². The molecule has 70 valence electrons. The first-order valence-electron chi connectivity index (χ1n) is 4.08. The summed E-state index contributed by atoms with van der Waals surface area (Å²) in [5.41, 5.74) is 0. The quantitative estimate of drug-likeness (QED) is 0.629. The SMILES string of the molecule is CC1CC(C(O)C(=O)O)C(C)O1. The number of aliphatic carboxylic acids is 1. The van der Waals surface area contributed by atoms with Gasteiger partial charge in [0.15, 0.2) is 6.10 Å². The number of carboxylic acids is 1. The van der Waals surface area contributed by atoms with Crippen molar-refractivity contribution in [2.24, 2.45) is 5.92 Å². The molecule has 0 aliphatic carbocycles. The zero-order valence-corrected chi connectivity index (χ0v) is 7.23. The second-order valence-electron chi connectivity index (χ2n) is 3.33. The number of aliphatic hydroxyl groups excluding tert-OH is 1. The smallest absolute Gasteiger partial charge is 0.332 e. The number of hydrogen-bond acceptors (Lipinski definition) is 3. The van der Waals surface area contributed by atoms with Gasteiger partial charge in [0, 0.05) is 5.92 Å². The normalized spacial score (nSPS) is 38.1. The van der Waals surface area contributed by atoms with Gasteiger partial charge in [-0.3, -0.25) is 0 Å². The van der Waals surface area contributed by atoms with Crippen LogP contribution in [0.2, 0.25) is 0 Å². The average molecular weight is 174 g/mol. The molecule has 12 heavy (non-hydrogen) atoms. The van der Waals surface area contributed by atoms with E-state index in [0.29, 0.717) is 6.42 Å². The Bertz CT molecular complexity index is 180. The van der Waals surface area contributed by atoms with Crippen LogP contribution in [0, 0.1) is 5.92 Å². The molecule has 0 aromatic carbocycles. The van der Waals surface area contributed by atoms with E-state index >= 15 is 0 Å². The highest BCUT2D eigenvalue weighted by atomic mass is 16.5. The van der Waals surface area contributed by atoms with Crippen LogP contribution in [0.4, 0.5) is 0 Å². The van der Waals surface area contributed by atoms with Crippen molar-refractivity contribution >= 4 is 5.97 Å². The standard InChI is InChI=1S/C8H14O4/c1-4-3-6(5(2)12-4)7(9)8(10)11/h4-7,9H,3H2,1-2H3,(H,10,11). The van der Waals surface area contributed by atoms with Crippen molar-refractivity contribution in [1.29, 1.82) is 0 Å². The Labute approximate surface area is 71.2 Å². The molecule has 0 spiro atoms. The minimum Gasteiger partial charge on any atom is -0.479 e. The second-order valence-corrected chi connectivity index (χ2v) is 3.33. The molecule has 4 atom stereocenters. The largest absolute Gasteiger partial charge is 0.479 e.